The third-order valence-electron chi connectivity index (χ3n) is 6.00. The van der Waals surface area contributed by atoms with Crippen LogP contribution in [0.15, 0.2) is 87.3 Å². The van der Waals surface area contributed by atoms with Crippen molar-refractivity contribution in [1.82, 2.24) is 13.9 Å². The highest BCUT2D eigenvalue weighted by atomic mass is 32.2. The summed E-state index contributed by atoms with van der Waals surface area (Å²) in [4.78, 5) is 37.9. The molecule has 1 heterocycles. The highest BCUT2D eigenvalue weighted by Crippen LogP contribution is 2.18. The number of benzene rings is 3. The normalized spacial score (nSPS) is 12.3. The van der Waals surface area contributed by atoms with Crippen molar-refractivity contribution in [2.24, 2.45) is 14.1 Å². The SMILES string of the molecule is COc1ccc(NC(=O)[C@@H](Cc2ccccc2)NS(=O)(=O)c2ccc3c(c2)c(=O)n(C)c(=O)n3C)cc1. The third kappa shape index (κ3) is 5.47. The van der Waals surface area contributed by atoms with Gasteiger partial charge in [-0.2, -0.15) is 4.72 Å². The van der Waals surface area contributed by atoms with Crippen molar-refractivity contribution in [3.05, 3.63) is 99.2 Å². The molecule has 2 N–H and O–H groups in total. The van der Waals surface area contributed by atoms with E-state index in [2.05, 4.69) is 10.0 Å². The van der Waals surface area contributed by atoms with Gasteiger partial charge in [-0.05, 0) is 54.4 Å². The number of ether oxygens (including phenoxy) is 1. The quantitative estimate of drug-likeness (QED) is 0.363. The van der Waals surface area contributed by atoms with Crippen LogP contribution in [0.25, 0.3) is 10.9 Å². The number of carbonyl (C=O) groups excluding carboxylic acids is 1. The molecule has 1 aromatic heterocycles. The lowest BCUT2D eigenvalue weighted by molar-refractivity contribution is -0.117. The van der Waals surface area contributed by atoms with Crippen LogP contribution in [-0.4, -0.2) is 36.6 Å². The molecular formula is C26H26N4O6S. The van der Waals surface area contributed by atoms with E-state index in [1.165, 1.54) is 44.0 Å². The minimum Gasteiger partial charge on any atom is -0.497 e. The van der Waals surface area contributed by atoms with Gasteiger partial charge >= 0.3 is 5.69 Å². The summed E-state index contributed by atoms with van der Waals surface area (Å²) in [6, 6.07) is 18.4. The summed E-state index contributed by atoms with van der Waals surface area (Å²) < 4.78 is 36.5. The first kappa shape index (κ1) is 25.9. The van der Waals surface area contributed by atoms with Gasteiger partial charge in [-0.25, -0.2) is 13.2 Å². The van der Waals surface area contributed by atoms with Crippen molar-refractivity contribution in [3.63, 3.8) is 0 Å². The van der Waals surface area contributed by atoms with Crippen LogP contribution in [0.5, 0.6) is 5.75 Å². The summed E-state index contributed by atoms with van der Waals surface area (Å²) in [6.07, 6.45) is 0.0892. The van der Waals surface area contributed by atoms with Crippen LogP contribution in [-0.2, 0) is 35.3 Å². The molecule has 4 rings (SSSR count). The van der Waals surface area contributed by atoms with Gasteiger partial charge < -0.3 is 10.1 Å². The van der Waals surface area contributed by atoms with Crippen LogP contribution in [0, 0.1) is 0 Å². The van der Waals surface area contributed by atoms with Gasteiger partial charge in [-0.1, -0.05) is 30.3 Å². The van der Waals surface area contributed by atoms with Crippen molar-refractivity contribution in [2.45, 2.75) is 17.4 Å². The van der Waals surface area contributed by atoms with E-state index in [1.54, 1.807) is 48.5 Å². The van der Waals surface area contributed by atoms with Crippen molar-refractivity contribution < 1.29 is 17.9 Å². The number of rotatable bonds is 8. The molecule has 0 saturated heterocycles. The van der Waals surface area contributed by atoms with Crippen LogP contribution >= 0.6 is 0 Å². The topological polar surface area (TPSA) is 128 Å². The van der Waals surface area contributed by atoms with Crippen molar-refractivity contribution in [3.8, 4) is 5.75 Å². The molecule has 1 atom stereocenters. The van der Waals surface area contributed by atoms with E-state index in [1.807, 2.05) is 6.07 Å². The molecule has 3 aromatic carbocycles. The summed E-state index contributed by atoms with van der Waals surface area (Å²) >= 11 is 0. The standard InChI is InChI=1S/C26H26N4O6S/c1-29-23-14-13-20(16-21(23)25(32)30(2)26(29)33)37(34,35)28-22(15-17-7-5-4-6-8-17)24(31)27-18-9-11-19(36-3)12-10-18/h4-14,16,22,28H,15H2,1-3H3,(H,27,31)/t22-/m1/s1. The number of fused-ring (bicyclic) bond motifs is 1. The van der Waals surface area contributed by atoms with Gasteiger partial charge in [0.05, 0.1) is 22.9 Å². The molecular weight excluding hydrogens is 496 g/mol. The van der Waals surface area contributed by atoms with E-state index >= 15 is 0 Å². The Morgan fingerprint density at radius 2 is 1.62 bits per heavy atom. The number of hydrogen-bond donors (Lipinski definition) is 2. The Hall–Kier alpha value is -4.22. The van der Waals surface area contributed by atoms with E-state index in [-0.39, 0.29) is 16.7 Å². The zero-order valence-electron chi connectivity index (χ0n) is 20.5. The van der Waals surface area contributed by atoms with Gasteiger partial charge in [0.2, 0.25) is 15.9 Å². The van der Waals surface area contributed by atoms with Gasteiger partial charge in [0.15, 0.2) is 0 Å². The number of amides is 1. The van der Waals surface area contributed by atoms with Crippen molar-refractivity contribution >= 4 is 32.5 Å². The predicted octanol–water partition coefficient (Wildman–Crippen LogP) is 1.77. The first-order chi connectivity index (χ1) is 17.6. The van der Waals surface area contributed by atoms with Gasteiger partial charge in [0.25, 0.3) is 5.56 Å². The maximum atomic E-state index is 13.4. The molecule has 0 spiro atoms. The average molecular weight is 523 g/mol. The first-order valence-corrected chi connectivity index (χ1v) is 12.8. The highest BCUT2D eigenvalue weighted by Gasteiger charge is 2.27. The maximum absolute atomic E-state index is 13.4. The summed E-state index contributed by atoms with van der Waals surface area (Å²) in [6.45, 7) is 0. The Morgan fingerprint density at radius 1 is 0.946 bits per heavy atom. The number of anilines is 1. The zero-order chi connectivity index (χ0) is 26.7. The van der Waals surface area contributed by atoms with E-state index < -0.39 is 33.2 Å². The molecule has 0 saturated carbocycles. The molecule has 0 radical (unpaired) electrons. The highest BCUT2D eigenvalue weighted by molar-refractivity contribution is 7.89. The van der Waals surface area contributed by atoms with E-state index in [9.17, 15) is 22.8 Å². The molecule has 37 heavy (non-hydrogen) atoms. The Balaban J connectivity index is 1.68. The second-order valence-corrected chi connectivity index (χ2v) is 10.2. The monoisotopic (exact) mass is 522 g/mol. The Bertz CT molecular complexity index is 1680. The number of carbonyl (C=O) groups is 1. The summed E-state index contributed by atoms with van der Waals surface area (Å²) in [7, 11) is 0.109. The molecule has 4 aromatic rings. The van der Waals surface area contributed by atoms with Gasteiger partial charge in [0.1, 0.15) is 11.8 Å². The fourth-order valence-electron chi connectivity index (χ4n) is 3.94. The van der Waals surface area contributed by atoms with Crippen LogP contribution in [0.2, 0.25) is 0 Å². The van der Waals surface area contributed by atoms with Crippen molar-refractivity contribution in [2.75, 3.05) is 12.4 Å². The number of aryl methyl sites for hydroxylation is 1. The summed E-state index contributed by atoms with van der Waals surface area (Å²) in [5.41, 5.74) is 0.378. The van der Waals surface area contributed by atoms with Crippen LogP contribution in [0.1, 0.15) is 5.56 Å². The number of nitrogens with zero attached hydrogens (tertiary/aromatic N) is 2. The fraction of sp³-hybridized carbons (Fsp3) is 0.192. The maximum Gasteiger partial charge on any atom is 0.330 e. The van der Waals surface area contributed by atoms with Crippen molar-refractivity contribution in [1.29, 1.82) is 0 Å². The molecule has 0 aliphatic rings. The largest absolute Gasteiger partial charge is 0.497 e. The predicted molar refractivity (Wildman–Crippen MR) is 140 cm³/mol. The lowest BCUT2D eigenvalue weighted by atomic mass is 10.1. The van der Waals surface area contributed by atoms with Crippen LogP contribution < -0.4 is 26.0 Å². The lowest BCUT2D eigenvalue weighted by Crippen LogP contribution is -2.45. The van der Waals surface area contributed by atoms with Crippen LogP contribution in [0.3, 0.4) is 0 Å². The number of sulfonamides is 1. The summed E-state index contributed by atoms with van der Waals surface area (Å²) in [5, 5.41) is 2.80. The van der Waals surface area contributed by atoms with Gasteiger partial charge in [-0.15, -0.1) is 0 Å². The molecule has 0 bridgehead atoms. The molecule has 0 aliphatic heterocycles. The van der Waals surface area contributed by atoms with E-state index in [4.69, 9.17) is 4.74 Å². The average Bonchev–Trinajstić information content (AvgIpc) is 2.90. The number of hydrogen-bond acceptors (Lipinski definition) is 6. The molecule has 192 valence electrons. The second-order valence-electron chi connectivity index (χ2n) is 8.47. The zero-order valence-corrected chi connectivity index (χ0v) is 21.3. The molecule has 1 amide bonds. The molecule has 0 aliphatic carbocycles. The van der Waals surface area contributed by atoms with Gasteiger partial charge in [-0.3, -0.25) is 18.7 Å². The molecule has 0 fully saturated rings. The second kappa shape index (κ2) is 10.4. The van der Waals surface area contributed by atoms with Gasteiger partial charge in [0, 0.05) is 19.8 Å². The molecule has 11 heteroatoms. The smallest absolute Gasteiger partial charge is 0.330 e. The summed E-state index contributed by atoms with van der Waals surface area (Å²) in [5.74, 6) is 0.0520. The number of methoxy groups -OCH3 is 1. The fourth-order valence-corrected chi connectivity index (χ4v) is 5.16. The minimum atomic E-state index is -4.24. The Labute approximate surface area is 213 Å². The minimum absolute atomic E-state index is 0.0646. The number of aromatic nitrogens is 2. The lowest BCUT2D eigenvalue weighted by Gasteiger charge is -2.19. The van der Waals surface area contributed by atoms with Crippen LogP contribution in [0.4, 0.5) is 5.69 Å². The third-order valence-corrected chi connectivity index (χ3v) is 7.47. The Morgan fingerprint density at radius 3 is 2.27 bits per heavy atom. The van der Waals surface area contributed by atoms with E-state index in [0.29, 0.717) is 17.0 Å². The Kier molecular flexibility index (Phi) is 7.28. The molecule has 10 nitrogen and oxygen atoms in total. The molecule has 0 unspecified atom stereocenters. The number of nitrogens with one attached hydrogen (secondary N) is 2. The first-order valence-electron chi connectivity index (χ1n) is 11.3. The van der Waals surface area contributed by atoms with E-state index in [0.717, 1.165) is 10.1 Å².